The lowest BCUT2D eigenvalue weighted by molar-refractivity contribution is 0.209. The predicted molar refractivity (Wildman–Crippen MR) is 78.0 cm³/mol. The SMILES string of the molecule is CCCNC(c1nccn1C)C1CSCCN1C. The van der Waals surface area contributed by atoms with E-state index >= 15 is 0 Å². The molecule has 0 aliphatic carbocycles. The Balaban J connectivity index is 2.16. The van der Waals surface area contributed by atoms with Crippen LogP contribution in [0.15, 0.2) is 12.4 Å². The van der Waals surface area contributed by atoms with Crippen molar-refractivity contribution < 1.29 is 0 Å². The molecular formula is C13H24N4S. The van der Waals surface area contributed by atoms with Crippen LogP contribution in [0, 0.1) is 0 Å². The molecule has 4 nitrogen and oxygen atoms in total. The van der Waals surface area contributed by atoms with E-state index in [2.05, 4.69) is 52.5 Å². The molecule has 1 aliphatic rings. The molecule has 0 bridgehead atoms. The largest absolute Gasteiger partial charge is 0.337 e. The van der Waals surface area contributed by atoms with Crippen LogP contribution in [-0.2, 0) is 7.05 Å². The number of aryl methyl sites for hydroxylation is 1. The van der Waals surface area contributed by atoms with Gasteiger partial charge in [-0.3, -0.25) is 4.90 Å². The molecule has 2 unspecified atom stereocenters. The highest BCUT2D eigenvalue weighted by Gasteiger charge is 2.30. The number of rotatable bonds is 5. The summed E-state index contributed by atoms with van der Waals surface area (Å²) in [7, 11) is 4.31. The number of nitrogens with zero attached hydrogens (tertiary/aromatic N) is 3. The maximum Gasteiger partial charge on any atom is 0.127 e. The van der Waals surface area contributed by atoms with Gasteiger partial charge in [-0.2, -0.15) is 11.8 Å². The fourth-order valence-corrected chi connectivity index (χ4v) is 3.70. The molecule has 2 rings (SSSR count). The predicted octanol–water partition coefficient (Wildman–Crippen LogP) is 1.51. The van der Waals surface area contributed by atoms with Crippen LogP contribution < -0.4 is 5.32 Å². The molecule has 1 N–H and O–H groups in total. The molecule has 0 amide bonds. The van der Waals surface area contributed by atoms with E-state index in [1.165, 1.54) is 18.1 Å². The molecule has 0 radical (unpaired) electrons. The van der Waals surface area contributed by atoms with Gasteiger partial charge in [-0.25, -0.2) is 4.98 Å². The monoisotopic (exact) mass is 268 g/mol. The third kappa shape index (κ3) is 3.08. The number of hydrogen-bond acceptors (Lipinski definition) is 4. The molecular weight excluding hydrogens is 244 g/mol. The number of imidazole rings is 1. The minimum atomic E-state index is 0.336. The normalized spacial score (nSPS) is 23.2. The van der Waals surface area contributed by atoms with Gasteiger partial charge < -0.3 is 9.88 Å². The molecule has 0 saturated carbocycles. The third-order valence-electron chi connectivity index (χ3n) is 3.58. The summed E-state index contributed by atoms with van der Waals surface area (Å²) in [5.41, 5.74) is 0. The van der Waals surface area contributed by atoms with Crippen LogP contribution in [-0.4, -0.2) is 52.1 Å². The van der Waals surface area contributed by atoms with E-state index in [1.54, 1.807) is 0 Å². The van der Waals surface area contributed by atoms with Gasteiger partial charge in [-0.05, 0) is 20.0 Å². The van der Waals surface area contributed by atoms with Gasteiger partial charge in [-0.1, -0.05) is 6.92 Å². The molecule has 5 heteroatoms. The maximum atomic E-state index is 4.54. The maximum absolute atomic E-state index is 4.54. The van der Waals surface area contributed by atoms with Gasteiger partial charge in [0.15, 0.2) is 0 Å². The number of aromatic nitrogens is 2. The van der Waals surface area contributed by atoms with E-state index in [0.717, 1.165) is 18.8 Å². The first kappa shape index (κ1) is 13.9. The summed E-state index contributed by atoms with van der Waals surface area (Å²) in [6.07, 6.45) is 5.09. The Bertz CT molecular complexity index is 366. The average molecular weight is 268 g/mol. The van der Waals surface area contributed by atoms with Crippen LogP contribution >= 0.6 is 11.8 Å². The molecule has 0 spiro atoms. The summed E-state index contributed by atoms with van der Waals surface area (Å²) in [6.45, 7) is 4.43. The molecule has 1 aliphatic heterocycles. The van der Waals surface area contributed by atoms with Gasteiger partial charge in [-0.15, -0.1) is 0 Å². The van der Waals surface area contributed by atoms with Crippen molar-refractivity contribution in [2.24, 2.45) is 7.05 Å². The Morgan fingerprint density at radius 2 is 2.39 bits per heavy atom. The number of thioether (sulfide) groups is 1. The van der Waals surface area contributed by atoms with E-state index in [4.69, 9.17) is 0 Å². The number of nitrogens with one attached hydrogen (secondary N) is 1. The zero-order chi connectivity index (χ0) is 13.0. The number of likely N-dealkylation sites (N-methyl/N-ethyl adjacent to an activating group) is 1. The van der Waals surface area contributed by atoms with Gasteiger partial charge in [0.25, 0.3) is 0 Å². The molecule has 0 aromatic carbocycles. The zero-order valence-corrected chi connectivity index (χ0v) is 12.4. The lowest BCUT2D eigenvalue weighted by Crippen LogP contribution is -2.48. The standard InChI is InChI=1S/C13H24N4S/c1-4-5-14-12(13-15-6-7-17(13)3)11-10-18-9-8-16(11)2/h6-7,11-12,14H,4-5,8-10H2,1-3H3. The Morgan fingerprint density at radius 3 is 3.00 bits per heavy atom. The Kier molecular flexibility index (Phi) is 5.09. The van der Waals surface area contributed by atoms with Crippen LogP contribution in [0.2, 0.25) is 0 Å². The molecule has 1 fully saturated rings. The fraction of sp³-hybridized carbons (Fsp3) is 0.769. The van der Waals surface area contributed by atoms with Crippen molar-refractivity contribution in [2.75, 3.05) is 31.6 Å². The second kappa shape index (κ2) is 6.59. The second-order valence-electron chi connectivity index (χ2n) is 4.95. The van der Waals surface area contributed by atoms with Crippen molar-refractivity contribution in [3.63, 3.8) is 0 Å². The summed E-state index contributed by atoms with van der Waals surface area (Å²) < 4.78 is 2.14. The molecule has 18 heavy (non-hydrogen) atoms. The summed E-state index contributed by atoms with van der Waals surface area (Å²) in [5.74, 6) is 3.58. The Hall–Kier alpha value is -0.520. The summed E-state index contributed by atoms with van der Waals surface area (Å²) >= 11 is 2.05. The van der Waals surface area contributed by atoms with Gasteiger partial charge >= 0.3 is 0 Å². The van der Waals surface area contributed by atoms with Crippen LogP contribution in [0.3, 0.4) is 0 Å². The smallest absolute Gasteiger partial charge is 0.127 e. The quantitative estimate of drug-likeness (QED) is 0.877. The van der Waals surface area contributed by atoms with E-state index in [0.29, 0.717) is 12.1 Å². The summed E-state index contributed by atoms with van der Waals surface area (Å²) in [4.78, 5) is 7.01. The lowest BCUT2D eigenvalue weighted by Gasteiger charge is -2.37. The third-order valence-corrected chi connectivity index (χ3v) is 4.63. The Morgan fingerprint density at radius 1 is 1.56 bits per heavy atom. The lowest BCUT2D eigenvalue weighted by atomic mass is 10.1. The van der Waals surface area contributed by atoms with Crippen LogP contribution in [0.25, 0.3) is 0 Å². The van der Waals surface area contributed by atoms with Crippen molar-refractivity contribution in [3.8, 4) is 0 Å². The topological polar surface area (TPSA) is 33.1 Å². The highest BCUT2D eigenvalue weighted by molar-refractivity contribution is 7.99. The van der Waals surface area contributed by atoms with E-state index in [1.807, 2.05) is 12.4 Å². The van der Waals surface area contributed by atoms with Crippen molar-refractivity contribution in [1.82, 2.24) is 19.8 Å². The van der Waals surface area contributed by atoms with E-state index in [-0.39, 0.29) is 0 Å². The van der Waals surface area contributed by atoms with E-state index in [9.17, 15) is 0 Å². The molecule has 2 atom stereocenters. The first-order valence-corrected chi connectivity index (χ1v) is 7.88. The van der Waals surface area contributed by atoms with Crippen molar-refractivity contribution >= 4 is 11.8 Å². The molecule has 1 aromatic heterocycles. The van der Waals surface area contributed by atoms with Crippen molar-refractivity contribution in [3.05, 3.63) is 18.2 Å². The minimum Gasteiger partial charge on any atom is -0.337 e. The first-order valence-electron chi connectivity index (χ1n) is 6.72. The van der Waals surface area contributed by atoms with Gasteiger partial charge in [0, 0.05) is 43.5 Å². The number of hydrogen-bond donors (Lipinski definition) is 1. The zero-order valence-electron chi connectivity index (χ0n) is 11.6. The highest BCUT2D eigenvalue weighted by atomic mass is 32.2. The molecule has 102 valence electrons. The van der Waals surface area contributed by atoms with Crippen LogP contribution in [0.4, 0.5) is 0 Å². The fourth-order valence-electron chi connectivity index (χ4n) is 2.43. The second-order valence-corrected chi connectivity index (χ2v) is 6.10. The molecule has 1 saturated heterocycles. The van der Waals surface area contributed by atoms with Gasteiger partial charge in [0.1, 0.15) is 5.82 Å². The highest BCUT2D eigenvalue weighted by Crippen LogP contribution is 2.25. The minimum absolute atomic E-state index is 0.336. The van der Waals surface area contributed by atoms with Gasteiger partial charge in [0.2, 0.25) is 0 Å². The van der Waals surface area contributed by atoms with Crippen LogP contribution in [0.5, 0.6) is 0 Å². The van der Waals surface area contributed by atoms with Gasteiger partial charge in [0.05, 0.1) is 6.04 Å². The van der Waals surface area contributed by atoms with Crippen molar-refractivity contribution in [2.45, 2.75) is 25.4 Å². The van der Waals surface area contributed by atoms with E-state index < -0.39 is 0 Å². The van der Waals surface area contributed by atoms with Crippen molar-refractivity contribution in [1.29, 1.82) is 0 Å². The summed E-state index contributed by atoms with van der Waals surface area (Å²) in [5, 5.41) is 3.67. The first-order chi connectivity index (χ1) is 8.74. The molecule has 1 aromatic rings. The Labute approximate surface area is 114 Å². The summed E-state index contributed by atoms with van der Waals surface area (Å²) in [6, 6.07) is 0.874. The molecule has 2 heterocycles. The average Bonchev–Trinajstić information content (AvgIpc) is 2.78. The van der Waals surface area contributed by atoms with Crippen LogP contribution in [0.1, 0.15) is 25.2 Å².